The zero-order valence-electron chi connectivity index (χ0n) is 10.5. The fourth-order valence-corrected chi connectivity index (χ4v) is 1.39. The van der Waals surface area contributed by atoms with E-state index < -0.39 is 0 Å². The van der Waals surface area contributed by atoms with Crippen LogP contribution in [0.5, 0.6) is 5.75 Å². The average molecular weight is 223 g/mol. The minimum Gasteiger partial charge on any atom is -0.494 e. The summed E-state index contributed by atoms with van der Waals surface area (Å²) in [5.74, 6) is 0.876. The Labute approximate surface area is 97.7 Å². The van der Waals surface area contributed by atoms with Crippen molar-refractivity contribution in [3.05, 3.63) is 24.3 Å². The molecule has 90 valence electrons. The van der Waals surface area contributed by atoms with Gasteiger partial charge in [0.05, 0.1) is 18.8 Å². The molecule has 0 heterocycles. The Balaban J connectivity index is 2.81. The van der Waals surface area contributed by atoms with E-state index in [1.807, 2.05) is 52.1 Å². The van der Waals surface area contributed by atoms with Gasteiger partial charge in [-0.25, -0.2) is 0 Å². The van der Waals surface area contributed by atoms with Gasteiger partial charge < -0.3 is 14.7 Å². The first-order valence-electron chi connectivity index (χ1n) is 5.59. The number of nitrogens with zero attached hydrogens (tertiary/aromatic N) is 1. The fraction of sp³-hybridized carbons (Fsp3) is 0.538. The molecule has 0 fully saturated rings. The maximum Gasteiger partial charge on any atom is 0.119 e. The largest absolute Gasteiger partial charge is 0.494 e. The van der Waals surface area contributed by atoms with Crippen molar-refractivity contribution in [2.45, 2.75) is 26.3 Å². The van der Waals surface area contributed by atoms with E-state index in [1.165, 1.54) is 0 Å². The quantitative estimate of drug-likeness (QED) is 0.831. The molecule has 1 rings (SSSR count). The van der Waals surface area contributed by atoms with Crippen LogP contribution in [0.1, 0.15) is 20.8 Å². The van der Waals surface area contributed by atoms with Crippen LogP contribution in [-0.2, 0) is 0 Å². The van der Waals surface area contributed by atoms with Crippen LogP contribution in [0, 0.1) is 0 Å². The highest BCUT2D eigenvalue weighted by molar-refractivity contribution is 5.50. The van der Waals surface area contributed by atoms with Gasteiger partial charge in [-0.1, -0.05) is 0 Å². The Kier molecular flexibility index (Phi) is 4.19. The Morgan fingerprint density at radius 3 is 2.25 bits per heavy atom. The van der Waals surface area contributed by atoms with Crippen molar-refractivity contribution in [2.75, 3.05) is 25.2 Å². The second kappa shape index (κ2) is 5.21. The zero-order valence-corrected chi connectivity index (χ0v) is 10.5. The highest BCUT2D eigenvalue weighted by Gasteiger charge is 2.22. The fourth-order valence-electron chi connectivity index (χ4n) is 1.39. The van der Waals surface area contributed by atoms with Gasteiger partial charge in [0.15, 0.2) is 0 Å². The summed E-state index contributed by atoms with van der Waals surface area (Å²) in [7, 11) is 1.98. The van der Waals surface area contributed by atoms with Crippen LogP contribution in [0.25, 0.3) is 0 Å². The van der Waals surface area contributed by atoms with Gasteiger partial charge in [0, 0.05) is 12.7 Å². The number of likely N-dealkylation sites (N-methyl/N-ethyl adjacent to an activating group) is 1. The molecule has 0 radical (unpaired) electrons. The lowest BCUT2D eigenvalue weighted by atomic mass is 10.0. The first kappa shape index (κ1) is 12.8. The molecule has 0 saturated heterocycles. The molecule has 16 heavy (non-hydrogen) atoms. The predicted octanol–water partition coefficient (Wildman–Crippen LogP) is 2.29. The monoisotopic (exact) mass is 223 g/mol. The maximum absolute atomic E-state index is 9.30. The first-order valence-corrected chi connectivity index (χ1v) is 5.59. The van der Waals surface area contributed by atoms with E-state index in [0.717, 1.165) is 11.4 Å². The Bertz CT molecular complexity index is 319. The lowest BCUT2D eigenvalue weighted by Gasteiger charge is -2.35. The second-order valence-electron chi connectivity index (χ2n) is 4.46. The van der Waals surface area contributed by atoms with Gasteiger partial charge >= 0.3 is 0 Å². The normalized spacial score (nSPS) is 11.3. The minimum absolute atomic E-state index is 0.122. The molecule has 0 bridgehead atoms. The number of rotatable bonds is 5. The lowest BCUT2D eigenvalue weighted by molar-refractivity contribution is 0.216. The second-order valence-corrected chi connectivity index (χ2v) is 4.46. The van der Waals surface area contributed by atoms with E-state index in [9.17, 15) is 5.11 Å². The summed E-state index contributed by atoms with van der Waals surface area (Å²) in [6, 6.07) is 7.90. The van der Waals surface area contributed by atoms with E-state index in [2.05, 4.69) is 4.90 Å². The van der Waals surface area contributed by atoms with Crippen LogP contribution in [0.4, 0.5) is 5.69 Å². The number of anilines is 1. The van der Waals surface area contributed by atoms with Crippen molar-refractivity contribution in [2.24, 2.45) is 0 Å². The summed E-state index contributed by atoms with van der Waals surface area (Å²) in [5, 5.41) is 9.30. The highest BCUT2D eigenvalue weighted by atomic mass is 16.5. The van der Waals surface area contributed by atoms with E-state index in [1.54, 1.807) is 0 Å². The summed E-state index contributed by atoms with van der Waals surface area (Å²) in [4.78, 5) is 2.06. The summed E-state index contributed by atoms with van der Waals surface area (Å²) in [5.41, 5.74) is 0.815. The topological polar surface area (TPSA) is 32.7 Å². The van der Waals surface area contributed by atoms with Gasteiger partial charge in [-0.05, 0) is 45.0 Å². The third-order valence-corrected chi connectivity index (χ3v) is 2.83. The van der Waals surface area contributed by atoms with Crippen LogP contribution in [0.2, 0.25) is 0 Å². The smallest absolute Gasteiger partial charge is 0.119 e. The number of aliphatic hydroxyl groups excluding tert-OH is 1. The van der Waals surface area contributed by atoms with E-state index in [4.69, 9.17) is 4.74 Å². The van der Waals surface area contributed by atoms with Crippen molar-refractivity contribution < 1.29 is 9.84 Å². The Morgan fingerprint density at radius 1 is 1.25 bits per heavy atom. The molecule has 3 nitrogen and oxygen atoms in total. The van der Waals surface area contributed by atoms with E-state index in [-0.39, 0.29) is 12.1 Å². The molecular weight excluding hydrogens is 202 g/mol. The van der Waals surface area contributed by atoms with Crippen LogP contribution in [-0.4, -0.2) is 30.9 Å². The third-order valence-electron chi connectivity index (χ3n) is 2.83. The van der Waals surface area contributed by atoms with Crippen molar-refractivity contribution in [3.63, 3.8) is 0 Å². The summed E-state index contributed by atoms with van der Waals surface area (Å²) in [6.07, 6.45) is 0. The van der Waals surface area contributed by atoms with Crippen LogP contribution < -0.4 is 9.64 Å². The summed E-state index contributed by atoms with van der Waals surface area (Å²) < 4.78 is 5.38. The van der Waals surface area contributed by atoms with Crippen LogP contribution in [0.15, 0.2) is 24.3 Å². The van der Waals surface area contributed by atoms with Crippen molar-refractivity contribution >= 4 is 5.69 Å². The van der Waals surface area contributed by atoms with Crippen molar-refractivity contribution in [3.8, 4) is 5.75 Å². The van der Waals surface area contributed by atoms with E-state index in [0.29, 0.717) is 6.61 Å². The third kappa shape index (κ3) is 2.89. The standard InChI is InChI=1S/C13H21NO2/c1-5-16-12-8-6-11(7-9-12)14(4)13(2,3)10-15/h6-9,15H,5,10H2,1-4H3. The Morgan fingerprint density at radius 2 is 1.81 bits per heavy atom. The predicted molar refractivity (Wildman–Crippen MR) is 67.2 cm³/mol. The number of hydrogen-bond donors (Lipinski definition) is 1. The molecule has 1 aromatic carbocycles. The highest BCUT2D eigenvalue weighted by Crippen LogP contribution is 2.24. The summed E-state index contributed by atoms with van der Waals surface area (Å²) in [6.45, 7) is 6.77. The van der Waals surface area contributed by atoms with Gasteiger partial charge in [-0.3, -0.25) is 0 Å². The number of ether oxygens (including phenoxy) is 1. The molecule has 3 heteroatoms. The Hall–Kier alpha value is -1.22. The van der Waals surface area contributed by atoms with Gasteiger partial charge in [-0.15, -0.1) is 0 Å². The number of aliphatic hydroxyl groups is 1. The molecule has 0 spiro atoms. The molecular formula is C13H21NO2. The molecule has 0 aliphatic carbocycles. The molecule has 1 aromatic rings. The molecule has 0 atom stereocenters. The van der Waals surface area contributed by atoms with Crippen LogP contribution >= 0.6 is 0 Å². The van der Waals surface area contributed by atoms with Crippen LogP contribution in [0.3, 0.4) is 0 Å². The average Bonchev–Trinajstić information content (AvgIpc) is 2.29. The number of hydrogen-bond acceptors (Lipinski definition) is 3. The lowest BCUT2D eigenvalue weighted by Crippen LogP contribution is -2.44. The zero-order chi connectivity index (χ0) is 12.2. The van der Waals surface area contributed by atoms with Crippen molar-refractivity contribution in [1.82, 2.24) is 0 Å². The van der Waals surface area contributed by atoms with Crippen molar-refractivity contribution in [1.29, 1.82) is 0 Å². The number of benzene rings is 1. The van der Waals surface area contributed by atoms with Gasteiger partial charge in [0.2, 0.25) is 0 Å². The van der Waals surface area contributed by atoms with Gasteiger partial charge in [-0.2, -0.15) is 0 Å². The molecule has 0 aliphatic rings. The van der Waals surface area contributed by atoms with Gasteiger partial charge in [0.25, 0.3) is 0 Å². The maximum atomic E-state index is 9.30. The van der Waals surface area contributed by atoms with Gasteiger partial charge in [0.1, 0.15) is 5.75 Å². The summed E-state index contributed by atoms with van der Waals surface area (Å²) >= 11 is 0. The molecule has 1 N–H and O–H groups in total. The molecule has 0 unspecified atom stereocenters. The first-order chi connectivity index (χ1) is 7.51. The minimum atomic E-state index is -0.257. The molecule has 0 saturated carbocycles. The van der Waals surface area contributed by atoms with E-state index >= 15 is 0 Å². The SMILES string of the molecule is CCOc1ccc(N(C)C(C)(C)CO)cc1. The molecule has 0 aromatic heterocycles. The molecule has 0 amide bonds. The molecule has 0 aliphatic heterocycles.